The van der Waals surface area contributed by atoms with Gasteiger partial charge in [-0.15, -0.1) is 0 Å². The van der Waals surface area contributed by atoms with E-state index in [0.29, 0.717) is 30.2 Å². The molecule has 0 spiro atoms. The topological polar surface area (TPSA) is 98.7 Å². The van der Waals surface area contributed by atoms with Gasteiger partial charge in [-0.05, 0) is 43.2 Å². The monoisotopic (exact) mass is 455 g/mol. The Bertz CT molecular complexity index is 1250. The van der Waals surface area contributed by atoms with E-state index in [1.807, 2.05) is 12.1 Å². The van der Waals surface area contributed by atoms with Gasteiger partial charge in [-0.25, -0.2) is 18.4 Å². The second kappa shape index (κ2) is 8.74. The van der Waals surface area contributed by atoms with Crippen molar-refractivity contribution in [1.82, 2.24) is 14.9 Å². The molecule has 9 heteroatoms. The first-order valence-electron chi connectivity index (χ1n) is 10.3. The molecule has 3 aromatic rings. The molecule has 2 heterocycles. The largest absolute Gasteiger partial charge is 0.493 e. The average molecular weight is 456 g/mol. The summed E-state index contributed by atoms with van der Waals surface area (Å²) in [5, 5.41) is 0.922. The van der Waals surface area contributed by atoms with E-state index in [2.05, 4.69) is 9.97 Å². The van der Waals surface area contributed by atoms with Gasteiger partial charge >= 0.3 is 0 Å². The Morgan fingerprint density at radius 3 is 2.22 bits per heavy atom. The summed E-state index contributed by atoms with van der Waals surface area (Å²) in [6.07, 6.45) is 4.25. The maximum atomic E-state index is 12.9. The van der Waals surface area contributed by atoms with E-state index in [9.17, 15) is 13.2 Å². The highest BCUT2D eigenvalue weighted by Gasteiger charge is 2.27. The Morgan fingerprint density at radius 1 is 1.00 bits per heavy atom. The fraction of sp³-hybridized carbons (Fsp3) is 0.348. The maximum absolute atomic E-state index is 12.9. The predicted molar refractivity (Wildman–Crippen MR) is 120 cm³/mol. The quantitative estimate of drug-likeness (QED) is 0.583. The predicted octanol–water partition coefficient (Wildman–Crippen LogP) is 3.07. The van der Waals surface area contributed by atoms with Crippen molar-refractivity contribution in [2.24, 2.45) is 0 Å². The van der Waals surface area contributed by atoms with E-state index >= 15 is 0 Å². The molecular formula is C23H25N3O5S. The van der Waals surface area contributed by atoms with E-state index in [0.717, 1.165) is 35.7 Å². The van der Waals surface area contributed by atoms with Crippen LogP contribution >= 0.6 is 0 Å². The minimum Gasteiger partial charge on any atom is -0.493 e. The average Bonchev–Trinajstić information content (AvgIpc) is 2.82. The van der Waals surface area contributed by atoms with Crippen LogP contribution in [0, 0.1) is 0 Å². The number of aromatic nitrogens is 2. The zero-order valence-corrected chi connectivity index (χ0v) is 19.1. The van der Waals surface area contributed by atoms with Crippen LogP contribution in [0.1, 0.15) is 34.8 Å². The lowest BCUT2D eigenvalue weighted by atomic mass is 9.90. The Kier molecular flexibility index (Phi) is 6.01. The van der Waals surface area contributed by atoms with Crippen molar-refractivity contribution in [3.8, 4) is 11.5 Å². The second-order valence-electron chi connectivity index (χ2n) is 7.85. The number of carbonyl (C=O) groups is 1. The third kappa shape index (κ3) is 4.25. The molecule has 1 aliphatic heterocycles. The minimum atomic E-state index is -3.29. The number of nitrogens with zero attached hydrogens (tertiary/aromatic N) is 3. The molecule has 0 unspecified atom stereocenters. The summed E-state index contributed by atoms with van der Waals surface area (Å²) in [6, 6.07) is 9.85. The molecule has 32 heavy (non-hydrogen) atoms. The van der Waals surface area contributed by atoms with Gasteiger partial charge in [-0.3, -0.25) is 4.79 Å². The number of hydrogen-bond acceptors (Lipinski definition) is 7. The molecule has 0 radical (unpaired) electrons. The molecule has 0 bridgehead atoms. The van der Waals surface area contributed by atoms with Crippen LogP contribution in [0.4, 0.5) is 0 Å². The van der Waals surface area contributed by atoms with E-state index in [1.165, 1.54) is 12.1 Å². The lowest BCUT2D eigenvalue weighted by Crippen LogP contribution is -2.38. The van der Waals surface area contributed by atoms with Crippen molar-refractivity contribution < 1.29 is 22.7 Å². The lowest BCUT2D eigenvalue weighted by Gasteiger charge is -2.32. The van der Waals surface area contributed by atoms with Gasteiger partial charge < -0.3 is 14.4 Å². The van der Waals surface area contributed by atoms with Gasteiger partial charge in [0.05, 0.1) is 30.3 Å². The highest BCUT2D eigenvalue weighted by Crippen LogP contribution is 2.36. The van der Waals surface area contributed by atoms with Crippen LogP contribution in [0.25, 0.3) is 10.9 Å². The van der Waals surface area contributed by atoms with E-state index < -0.39 is 9.84 Å². The molecule has 1 saturated heterocycles. The summed E-state index contributed by atoms with van der Waals surface area (Å²) in [6.45, 7) is 1.19. The van der Waals surface area contributed by atoms with Gasteiger partial charge in [-0.2, -0.15) is 0 Å². The number of benzene rings is 2. The molecule has 1 amide bonds. The number of carbonyl (C=O) groups excluding carboxylic acids is 1. The van der Waals surface area contributed by atoms with Crippen molar-refractivity contribution in [2.45, 2.75) is 23.7 Å². The highest BCUT2D eigenvalue weighted by atomic mass is 32.2. The molecule has 0 N–H and O–H groups in total. The molecule has 0 saturated carbocycles. The van der Waals surface area contributed by atoms with Gasteiger partial charge in [0.15, 0.2) is 21.3 Å². The molecule has 168 valence electrons. The third-order valence-electron chi connectivity index (χ3n) is 5.87. The summed E-state index contributed by atoms with van der Waals surface area (Å²) >= 11 is 0. The summed E-state index contributed by atoms with van der Waals surface area (Å²) < 4.78 is 34.1. The van der Waals surface area contributed by atoms with Crippen molar-refractivity contribution in [1.29, 1.82) is 0 Å². The van der Waals surface area contributed by atoms with E-state index in [4.69, 9.17) is 9.47 Å². The van der Waals surface area contributed by atoms with Gasteiger partial charge in [0.1, 0.15) is 6.33 Å². The smallest absolute Gasteiger partial charge is 0.253 e. The van der Waals surface area contributed by atoms with Crippen LogP contribution in [0.2, 0.25) is 0 Å². The molecule has 2 aromatic carbocycles. The van der Waals surface area contributed by atoms with Gasteiger partial charge in [-0.1, -0.05) is 0 Å². The van der Waals surface area contributed by atoms with Crippen LogP contribution in [0.3, 0.4) is 0 Å². The third-order valence-corrected chi connectivity index (χ3v) is 7.00. The number of fused-ring (bicyclic) bond motifs is 1. The fourth-order valence-corrected chi connectivity index (χ4v) is 4.74. The number of sulfone groups is 1. The van der Waals surface area contributed by atoms with E-state index in [1.54, 1.807) is 37.6 Å². The Labute approximate surface area is 187 Å². The first-order chi connectivity index (χ1) is 15.3. The Hall–Kier alpha value is -3.20. The normalized spacial score (nSPS) is 15.0. The molecule has 8 nitrogen and oxygen atoms in total. The number of rotatable bonds is 5. The molecule has 4 rings (SSSR count). The van der Waals surface area contributed by atoms with Crippen molar-refractivity contribution in [3.63, 3.8) is 0 Å². The van der Waals surface area contributed by atoms with Gasteiger partial charge in [0, 0.05) is 42.3 Å². The van der Waals surface area contributed by atoms with Gasteiger partial charge in [0.2, 0.25) is 0 Å². The lowest BCUT2D eigenvalue weighted by molar-refractivity contribution is 0.0712. The molecule has 1 fully saturated rings. The van der Waals surface area contributed by atoms with Crippen molar-refractivity contribution >= 4 is 26.6 Å². The molecular weight excluding hydrogens is 430 g/mol. The van der Waals surface area contributed by atoms with Crippen molar-refractivity contribution in [3.05, 3.63) is 54.0 Å². The second-order valence-corrected chi connectivity index (χ2v) is 9.86. The minimum absolute atomic E-state index is 0.0950. The number of piperidine rings is 1. The zero-order chi connectivity index (χ0) is 22.9. The Morgan fingerprint density at radius 2 is 1.62 bits per heavy atom. The Balaban J connectivity index is 1.51. The number of likely N-dealkylation sites (tertiary alicyclic amines) is 1. The zero-order valence-electron chi connectivity index (χ0n) is 18.2. The number of ether oxygens (including phenoxy) is 2. The summed E-state index contributed by atoms with van der Waals surface area (Å²) in [5.41, 5.74) is 2.22. The van der Waals surface area contributed by atoms with Gasteiger partial charge in [0.25, 0.3) is 5.91 Å². The molecule has 1 aliphatic rings. The molecule has 0 aliphatic carbocycles. The van der Waals surface area contributed by atoms with Crippen LogP contribution in [0.15, 0.2) is 47.6 Å². The van der Waals surface area contributed by atoms with E-state index in [-0.39, 0.29) is 16.7 Å². The summed E-state index contributed by atoms with van der Waals surface area (Å²) in [5.74, 6) is 1.34. The van der Waals surface area contributed by atoms with Crippen LogP contribution in [0.5, 0.6) is 11.5 Å². The summed E-state index contributed by atoms with van der Waals surface area (Å²) in [7, 11) is -0.102. The standard InChI is InChI=1S/C23H25N3O5S/c1-30-20-12-18-19(13-21(20)31-2)24-14-25-22(18)15-8-10-26(11-9-15)23(27)16-4-6-17(7-5-16)32(3,28)29/h4-7,12-15H,8-11H2,1-3H3. The first kappa shape index (κ1) is 22.0. The number of methoxy groups -OCH3 is 2. The number of hydrogen-bond donors (Lipinski definition) is 0. The number of amides is 1. The highest BCUT2D eigenvalue weighted by molar-refractivity contribution is 7.90. The van der Waals surface area contributed by atoms with Crippen LogP contribution in [-0.2, 0) is 9.84 Å². The van der Waals surface area contributed by atoms with Crippen LogP contribution < -0.4 is 9.47 Å². The first-order valence-corrected chi connectivity index (χ1v) is 12.2. The van der Waals surface area contributed by atoms with Crippen LogP contribution in [-0.4, -0.2) is 62.8 Å². The SMILES string of the molecule is COc1cc2ncnc(C3CCN(C(=O)c4ccc(S(C)(=O)=O)cc4)CC3)c2cc1OC. The van der Waals surface area contributed by atoms with Crippen molar-refractivity contribution in [2.75, 3.05) is 33.6 Å². The fourth-order valence-electron chi connectivity index (χ4n) is 4.11. The maximum Gasteiger partial charge on any atom is 0.253 e. The summed E-state index contributed by atoms with van der Waals surface area (Å²) in [4.78, 5) is 23.8. The molecule has 1 aromatic heterocycles. The molecule has 0 atom stereocenters.